The van der Waals surface area contributed by atoms with E-state index in [4.69, 9.17) is 0 Å². The van der Waals surface area contributed by atoms with E-state index < -0.39 is 0 Å². The number of nitrogens with zero attached hydrogens (tertiary/aromatic N) is 7. The first-order valence-electron chi connectivity index (χ1n) is 10.4. The molecule has 0 amide bonds. The highest BCUT2D eigenvalue weighted by molar-refractivity contribution is 5.74. The van der Waals surface area contributed by atoms with Crippen LogP contribution >= 0.6 is 0 Å². The Kier molecular flexibility index (Phi) is 4.95. The number of phenols is 1. The van der Waals surface area contributed by atoms with Crippen molar-refractivity contribution in [2.24, 2.45) is 5.92 Å². The predicted molar refractivity (Wildman–Crippen MR) is 118 cm³/mol. The number of aromatic hydroxyl groups is 1. The zero-order chi connectivity index (χ0) is 21.4. The summed E-state index contributed by atoms with van der Waals surface area (Å²) in [6, 6.07) is 9.76. The molecular formula is C22H24N8O. The van der Waals surface area contributed by atoms with Gasteiger partial charge in [0.25, 0.3) is 0 Å². The molecule has 1 saturated heterocycles. The molecule has 3 aromatic heterocycles. The maximum Gasteiger partial charge on any atom is 0.245 e. The Morgan fingerprint density at radius 1 is 1.10 bits per heavy atom. The van der Waals surface area contributed by atoms with Crippen LogP contribution in [-0.4, -0.2) is 60.6 Å². The molecule has 1 aliphatic rings. The average molecular weight is 416 g/mol. The van der Waals surface area contributed by atoms with Gasteiger partial charge in [-0.2, -0.15) is 0 Å². The van der Waals surface area contributed by atoms with Crippen molar-refractivity contribution in [1.29, 1.82) is 0 Å². The summed E-state index contributed by atoms with van der Waals surface area (Å²) in [7, 11) is 0. The topological polar surface area (TPSA) is 104 Å². The maximum absolute atomic E-state index is 10.6. The number of rotatable bonds is 4. The summed E-state index contributed by atoms with van der Waals surface area (Å²) in [6.07, 6.45) is 5.25. The van der Waals surface area contributed by atoms with Crippen LogP contribution in [-0.2, 0) is 0 Å². The third-order valence-electron chi connectivity index (χ3n) is 5.74. The number of piperazine rings is 1. The van der Waals surface area contributed by atoms with Gasteiger partial charge in [-0.3, -0.25) is 4.40 Å². The molecule has 1 atom stereocenters. The molecular weight excluding hydrogens is 392 g/mol. The fraction of sp³-hybridized carbons (Fsp3) is 0.318. The number of hydrogen-bond donors (Lipinski definition) is 2. The van der Waals surface area contributed by atoms with Gasteiger partial charge in [0.05, 0.1) is 6.20 Å². The number of phenolic OH excluding ortho intramolecular Hbond substituents is 1. The van der Waals surface area contributed by atoms with Crippen LogP contribution in [0.4, 0.5) is 5.95 Å². The van der Waals surface area contributed by atoms with E-state index in [0.29, 0.717) is 29.2 Å². The Labute approximate surface area is 179 Å². The van der Waals surface area contributed by atoms with Crippen molar-refractivity contribution < 1.29 is 5.11 Å². The highest BCUT2D eigenvalue weighted by Gasteiger charge is 2.23. The second-order valence-corrected chi connectivity index (χ2v) is 8.14. The molecule has 0 aliphatic carbocycles. The van der Waals surface area contributed by atoms with Crippen LogP contribution < -0.4 is 10.2 Å². The largest absolute Gasteiger partial charge is 0.507 e. The fourth-order valence-corrected chi connectivity index (χ4v) is 3.87. The Hall–Kier alpha value is -3.59. The molecule has 0 radical (unpaired) electrons. The Balaban J connectivity index is 1.37. The van der Waals surface area contributed by atoms with Gasteiger partial charge in [-0.1, -0.05) is 19.9 Å². The van der Waals surface area contributed by atoms with Crippen LogP contribution in [0, 0.1) is 5.92 Å². The van der Waals surface area contributed by atoms with Crippen molar-refractivity contribution >= 4 is 11.6 Å². The zero-order valence-electron chi connectivity index (χ0n) is 17.5. The zero-order valence-corrected chi connectivity index (χ0v) is 17.5. The van der Waals surface area contributed by atoms with E-state index in [0.717, 1.165) is 36.4 Å². The van der Waals surface area contributed by atoms with E-state index in [9.17, 15) is 5.11 Å². The number of pyridine rings is 1. The van der Waals surface area contributed by atoms with Crippen LogP contribution in [0.2, 0.25) is 0 Å². The molecule has 0 bridgehead atoms. The monoisotopic (exact) mass is 416 g/mol. The SMILES string of the molecule is CC(C)[C@H]1CN(c2ncc(-c3ccc(-c4ccc5nncn5c4)cc3O)nn2)CCN1. The molecule has 1 aromatic carbocycles. The highest BCUT2D eigenvalue weighted by atomic mass is 16.3. The third kappa shape index (κ3) is 3.79. The Morgan fingerprint density at radius 3 is 2.74 bits per heavy atom. The number of anilines is 1. The number of fused-ring (bicyclic) bond motifs is 1. The molecule has 9 heteroatoms. The number of aromatic nitrogens is 6. The number of benzene rings is 1. The summed E-state index contributed by atoms with van der Waals surface area (Å²) in [6.45, 7) is 7.02. The first kappa shape index (κ1) is 19.4. The van der Waals surface area contributed by atoms with Crippen LogP contribution in [0.5, 0.6) is 5.75 Å². The molecule has 4 aromatic rings. The lowest BCUT2D eigenvalue weighted by atomic mass is 10.0. The molecule has 5 rings (SSSR count). The van der Waals surface area contributed by atoms with Crippen LogP contribution in [0.25, 0.3) is 28.0 Å². The normalized spacial score (nSPS) is 16.9. The average Bonchev–Trinajstić information content (AvgIpc) is 3.27. The van der Waals surface area contributed by atoms with E-state index in [-0.39, 0.29) is 5.75 Å². The van der Waals surface area contributed by atoms with Crippen molar-refractivity contribution in [3.05, 3.63) is 49.1 Å². The van der Waals surface area contributed by atoms with E-state index in [1.165, 1.54) is 0 Å². The van der Waals surface area contributed by atoms with Crippen LogP contribution in [0.1, 0.15) is 13.8 Å². The summed E-state index contributed by atoms with van der Waals surface area (Å²) in [5, 5.41) is 30.8. The Morgan fingerprint density at radius 2 is 1.97 bits per heavy atom. The van der Waals surface area contributed by atoms with E-state index >= 15 is 0 Å². The van der Waals surface area contributed by atoms with Gasteiger partial charge in [0.1, 0.15) is 17.8 Å². The first-order valence-corrected chi connectivity index (χ1v) is 10.4. The van der Waals surface area contributed by atoms with Crippen molar-refractivity contribution in [2.45, 2.75) is 19.9 Å². The molecule has 2 N–H and O–H groups in total. The van der Waals surface area contributed by atoms with Gasteiger partial charge < -0.3 is 15.3 Å². The van der Waals surface area contributed by atoms with Crippen molar-refractivity contribution in [2.75, 3.05) is 24.5 Å². The van der Waals surface area contributed by atoms with Crippen molar-refractivity contribution in [3.8, 4) is 28.1 Å². The molecule has 4 heterocycles. The summed E-state index contributed by atoms with van der Waals surface area (Å²) >= 11 is 0. The number of nitrogens with one attached hydrogen (secondary N) is 1. The van der Waals surface area contributed by atoms with Crippen molar-refractivity contribution in [3.63, 3.8) is 0 Å². The summed E-state index contributed by atoms with van der Waals surface area (Å²) in [5.74, 6) is 1.29. The van der Waals surface area contributed by atoms with E-state index in [2.05, 4.69) is 49.4 Å². The van der Waals surface area contributed by atoms with E-state index in [1.54, 1.807) is 18.6 Å². The van der Waals surface area contributed by atoms with Crippen LogP contribution in [0.15, 0.2) is 49.1 Å². The summed E-state index contributed by atoms with van der Waals surface area (Å²) < 4.78 is 1.84. The molecule has 9 nitrogen and oxygen atoms in total. The standard InChI is InChI=1S/C22H24N8O/c1-14(2)19-12-29(8-7-23-19)22-24-10-18(26-28-22)17-5-3-15(9-20(17)31)16-4-6-21-27-25-13-30(21)11-16/h3-6,9-11,13-14,19,23,31H,7-8,12H2,1-2H3/t19-/m1/s1. The quantitative estimate of drug-likeness (QED) is 0.523. The molecule has 158 valence electrons. The van der Waals surface area contributed by atoms with Gasteiger partial charge in [-0.25, -0.2) is 4.98 Å². The third-order valence-corrected chi connectivity index (χ3v) is 5.74. The van der Waals surface area contributed by atoms with Gasteiger partial charge in [0, 0.05) is 37.4 Å². The molecule has 1 aliphatic heterocycles. The van der Waals surface area contributed by atoms with E-state index in [1.807, 2.05) is 34.9 Å². The van der Waals surface area contributed by atoms with Gasteiger partial charge in [-0.05, 0) is 41.3 Å². The smallest absolute Gasteiger partial charge is 0.245 e. The second kappa shape index (κ2) is 7.92. The van der Waals surface area contributed by atoms with Gasteiger partial charge >= 0.3 is 0 Å². The number of hydrogen-bond acceptors (Lipinski definition) is 8. The van der Waals surface area contributed by atoms with Gasteiger partial charge in [0.2, 0.25) is 5.95 Å². The first-order chi connectivity index (χ1) is 15.1. The minimum atomic E-state index is 0.132. The van der Waals surface area contributed by atoms with Crippen molar-refractivity contribution in [1.82, 2.24) is 35.1 Å². The minimum absolute atomic E-state index is 0.132. The van der Waals surface area contributed by atoms with Gasteiger partial charge in [0.15, 0.2) is 5.65 Å². The Bertz CT molecular complexity index is 1200. The minimum Gasteiger partial charge on any atom is -0.507 e. The molecule has 31 heavy (non-hydrogen) atoms. The lowest BCUT2D eigenvalue weighted by Gasteiger charge is -2.35. The molecule has 0 unspecified atom stereocenters. The lowest BCUT2D eigenvalue weighted by Crippen LogP contribution is -2.53. The summed E-state index contributed by atoms with van der Waals surface area (Å²) in [4.78, 5) is 6.67. The second-order valence-electron chi connectivity index (χ2n) is 8.14. The summed E-state index contributed by atoms with van der Waals surface area (Å²) in [5.41, 5.74) is 3.75. The predicted octanol–water partition coefficient (Wildman–Crippen LogP) is 2.39. The molecule has 0 spiro atoms. The van der Waals surface area contributed by atoms with Gasteiger partial charge in [-0.15, -0.1) is 20.4 Å². The lowest BCUT2D eigenvalue weighted by molar-refractivity contribution is 0.365. The maximum atomic E-state index is 10.6. The van der Waals surface area contributed by atoms with Crippen LogP contribution in [0.3, 0.4) is 0 Å². The highest BCUT2D eigenvalue weighted by Crippen LogP contribution is 2.32. The molecule has 0 saturated carbocycles. The fourth-order valence-electron chi connectivity index (χ4n) is 3.87. The molecule has 1 fully saturated rings.